The zero-order chi connectivity index (χ0) is 7.68. The van der Waals surface area contributed by atoms with Crippen molar-refractivity contribution in [3.63, 3.8) is 0 Å². The molecule has 1 saturated heterocycles. The molecule has 2 heterocycles. The van der Waals surface area contributed by atoms with E-state index >= 15 is 0 Å². The van der Waals surface area contributed by atoms with Crippen molar-refractivity contribution in [1.29, 1.82) is 0 Å². The minimum atomic E-state index is -0.686. The van der Waals surface area contributed by atoms with Gasteiger partial charge in [0, 0.05) is 23.9 Å². The van der Waals surface area contributed by atoms with E-state index in [1.54, 1.807) is 11.3 Å². The molecule has 2 atom stereocenters. The van der Waals surface area contributed by atoms with E-state index in [1.807, 2.05) is 17.5 Å². The monoisotopic (exact) mass is 171 g/mol. The van der Waals surface area contributed by atoms with Gasteiger partial charge in [-0.1, -0.05) is 6.07 Å². The highest BCUT2D eigenvalue weighted by Gasteiger charge is 2.28. The maximum absolute atomic E-state index is 13.1. The van der Waals surface area contributed by atoms with Gasteiger partial charge in [-0.2, -0.15) is 0 Å². The molecule has 0 radical (unpaired) electrons. The Morgan fingerprint density at radius 3 is 3.00 bits per heavy atom. The molecule has 0 bridgehead atoms. The summed E-state index contributed by atoms with van der Waals surface area (Å²) >= 11 is 1.64. The van der Waals surface area contributed by atoms with Crippen LogP contribution in [0.3, 0.4) is 0 Å². The Kier molecular flexibility index (Phi) is 1.92. The van der Waals surface area contributed by atoms with Crippen molar-refractivity contribution in [3.05, 3.63) is 22.4 Å². The van der Waals surface area contributed by atoms with Gasteiger partial charge in [0.1, 0.15) is 6.17 Å². The predicted molar refractivity (Wildman–Crippen MR) is 44.8 cm³/mol. The molecule has 1 N–H and O–H groups in total. The third-order valence-corrected chi connectivity index (χ3v) is 3.05. The SMILES string of the molecule is FC1CNCC1c1cccs1. The molecule has 1 aliphatic rings. The first-order chi connectivity index (χ1) is 5.38. The summed E-state index contributed by atoms with van der Waals surface area (Å²) in [5, 5.41) is 5.04. The van der Waals surface area contributed by atoms with Gasteiger partial charge in [0.2, 0.25) is 0 Å². The van der Waals surface area contributed by atoms with E-state index in [1.165, 1.54) is 4.88 Å². The molecule has 1 aromatic heterocycles. The molecule has 1 aliphatic heterocycles. The van der Waals surface area contributed by atoms with Crippen LogP contribution in [-0.4, -0.2) is 19.3 Å². The molecule has 1 fully saturated rings. The van der Waals surface area contributed by atoms with Crippen LogP contribution in [0.25, 0.3) is 0 Å². The number of alkyl halides is 1. The molecule has 0 aliphatic carbocycles. The number of hydrogen-bond acceptors (Lipinski definition) is 2. The fourth-order valence-corrected chi connectivity index (χ4v) is 2.31. The van der Waals surface area contributed by atoms with Gasteiger partial charge in [0.25, 0.3) is 0 Å². The average Bonchev–Trinajstić information content (AvgIpc) is 2.55. The molecule has 0 spiro atoms. The van der Waals surface area contributed by atoms with Crippen molar-refractivity contribution in [1.82, 2.24) is 5.32 Å². The van der Waals surface area contributed by atoms with Gasteiger partial charge < -0.3 is 5.32 Å². The summed E-state index contributed by atoms with van der Waals surface area (Å²) in [5.74, 6) is 0.106. The Morgan fingerprint density at radius 2 is 2.45 bits per heavy atom. The second-order valence-corrected chi connectivity index (χ2v) is 3.78. The van der Waals surface area contributed by atoms with Crippen LogP contribution < -0.4 is 5.32 Å². The van der Waals surface area contributed by atoms with E-state index < -0.39 is 6.17 Å². The van der Waals surface area contributed by atoms with Gasteiger partial charge in [0.15, 0.2) is 0 Å². The van der Waals surface area contributed by atoms with Crippen LogP contribution in [-0.2, 0) is 0 Å². The fourth-order valence-electron chi connectivity index (χ4n) is 1.43. The van der Waals surface area contributed by atoms with Crippen molar-refractivity contribution in [2.45, 2.75) is 12.1 Å². The Hall–Kier alpha value is -0.410. The van der Waals surface area contributed by atoms with Crippen LogP contribution in [0.1, 0.15) is 10.8 Å². The van der Waals surface area contributed by atoms with E-state index in [-0.39, 0.29) is 5.92 Å². The molecule has 60 valence electrons. The second-order valence-electron chi connectivity index (χ2n) is 2.80. The summed E-state index contributed by atoms with van der Waals surface area (Å²) in [6.07, 6.45) is -0.686. The Balaban J connectivity index is 2.16. The lowest BCUT2D eigenvalue weighted by Gasteiger charge is -2.07. The van der Waals surface area contributed by atoms with Gasteiger partial charge in [-0.3, -0.25) is 0 Å². The first-order valence-electron chi connectivity index (χ1n) is 3.76. The van der Waals surface area contributed by atoms with Crippen LogP contribution in [0.2, 0.25) is 0 Å². The van der Waals surface area contributed by atoms with Crippen LogP contribution in [0, 0.1) is 0 Å². The van der Waals surface area contributed by atoms with Gasteiger partial charge in [-0.25, -0.2) is 4.39 Å². The molecular weight excluding hydrogens is 161 g/mol. The second kappa shape index (κ2) is 2.91. The number of halogens is 1. The summed E-state index contributed by atoms with van der Waals surface area (Å²) in [5.41, 5.74) is 0. The van der Waals surface area contributed by atoms with Crippen LogP contribution in [0.5, 0.6) is 0 Å². The summed E-state index contributed by atoms with van der Waals surface area (Å²) in [7, 11) is 0. The summed E-state index contributed by atoms with van der Waals surface area (Å²) in [4.78, 5) is 1.17. The average molecular weight is 171 g/mol. The summed E-state index contributed by atoms with van der Waals surface area (Å²) < 4.78 is 13.1. The maximum Gasteiger partial charge on any atom is 0.121 e. The molecular formula is C8H10FNS. The molecule has 0 amide bonds. The van der Waals surface area contributed by atoms with E-state index in [4.69, 9.17) is 0 Å². The number of nitrogens with one attached hydrogen (secondary N) is 1. The largest absolute Gasteiger partial charge is 0.313 e. The highest BCUT2D eigenvalue weighted by Crippen LogP contribution is 2.28. The predicted octanol–water partition coefficient (Wildman–Crippen LogP) is 1.77. The van der Waals surface area contributed by atoms with Crippen molar-refractivity contribution in [3.8, 4) is 0 Å². The Morgan fingerprint density at radius 1 is 1.55 bits per heavy atom. The molecule has 0 aromatic carbocycles. The lowest BCUT2D eigenvalue weighted by molar-refractivity contribution is 0.334. The third kappa shape index (κ3) is 1.30. The first-order valence-corrected chi connectivity index (χ1v) is 4.64. The minimum Gasteiger partial charge on any atom is -0.313 e. The van der Waals surface area contributed by atoms with Gasteiger partial charge in [-0.05, 0) is 11.4 Å². The number of rotatable bonds is 1. The van der Waals surface area contributed by atoms with E-state index in [0.29, 0.717) is 6.54 Å². The number of thiophene rings is 1. The fraction of sp³-hybridized carbons (Fsp3) is 0.500. The van der Waals surface area contributed by atoms with Crippen LogP contribution >= 0.6 is 11.3 Å². The normalized spacial score (nSPS) is 31.0. The molecule has 3 heteroatoms. The Labute approximate surface area is 69.2 Å². The third-order valence-electron chi connectivity index (χ3n) is 2.05. The van der Waals surface area contributed by atoms with Crippen LogP contribution in [0.4, 0.5) is 4.39 Å². The molecule has 2 rings (SSSR count). The molecule has 11 heavy (non-hydrogen) atoms. The Bertz CT molecular complexity index is 222. The number of hydrogen-bond donors (Lipinski definition) is 1. The molecule has 1 nitrogen and oxygen atoms in total. The van der Waals surface area contributed by atoms with Gasteiger partial charge >= 0.3 is 0 Å². The molecule has 0 saturated carbocycles. The van der Waals surface area contributed by atoms with Crippen molar-refractivity contribution < 1.29 is 4.39 Å². The first kappa shape index (κ1) is 7.25. The summed E-state index contributed by atoms with van der Waals surface area (Å²) in [6.45, 7) is 1.31. The molecule has 1 aromatic rings. The topological polar surface area (TPSA) is 12.0 Å². The standard InChI is InChI=1S/C8H10FNS/c9-7-5-10-4-6(7)8-2-1-3-11-8/h1-3,6-7,10H,4-5H2. The van der Waals surface area contributed by atoms with Crippen molar-refractivity contribution in [2.24, 2.45) is 0 Å². The quantitative estimate of drug-likeness (QED) is 0.679. The lowest BCUT2D eigenvalue weighted by atomic mass is 10.1. The van der Waals surface area contributed by atoms with Gasteiger partial charge in [-0.15, -0.1) is 11.3 Å². The maximum atomic E-state index is 13.1. The lowest BCUT2D eigenvalue weighted by Crippen LogP contribution is -2.09. The zero-order valence-corrected chi connectivity index (χ0v) is 6.90. The van der Waals surface area contributed by atoms with Crippen molar-refractivity contribution in [2.75, 3.05) is 13.1 Å². The molecule has 2 unspecified atom stereocenters. The highest BCUT2D eigenvalue weighted by atomic mass is 32.1. The van der Waals surface area contributed by atoms with E-state index in [2.05, 4.69) is 5.32 Å². The van der Waals surface area contributed by atoms with Crippen molar-refractivity contribution >= 4 is 11.3 Å². The van der Waals surface area contributed by atoms with E-state index in [0.717, 1.165) is 6.54 Å². The highest BCUT2D eigenvalue weighted by molar-refractivity contribution is 7.10. The van der Waals surface area contributed by atoms with Crippen LogP contribution in [0.15, 0.2) is 17.5 Å². The minimum absolute atomic E-state index is 0.106. The van der Waals surface area contributed by atoms with Gasteiger partial charge in [0.05, 0.1) is 0 Å². The van der Waals surface area contributed by atoms with E-state index in [9.17, 15) is 4.39 Å². The smallest absolute Gasteiger partial charge is 0.121 e. The zero-order valence-electron chi connectivity index (χ0n) is 6.09. The summed E-state index contributed by atoms with van der Waals surface area (Å²) in [6, 6.07) is 3.99.